The summed E-state index contributed by atoms with van der Waals surface area (Å²) in [5.41, 5.74) is 0.982. The SMILES string of the molecule is O=C(CNC(=O)C1CC1)N[C@H](Cc1ccccc1)C(=O)NC1CC1. The fourth-order valence-electron chi connectivity index (χ4n) is 2.49. The van der Waals surface area contributed by atoms with Gasteiger partial charge >= 0.3 is 0 Å². The van der Waals surface area contributed by atoms with Crippen molar-refractivity contribution in [1.82, 2.24) is 16.0 Å². The lowest BCUT2D eigenvalue weighted by molar-refractivity contribution is -0.130. The van der Waals surface area contributed by atoms with Crippen LogP contribution in [0.1, 0.15) is 31.2 Å². The van der Waals surface area contributed by atoms with Crippen molar-refractivity contribution in [1.29, 1.82) is 0 Å². The van der Waals surface area contributed by atoms with Gasteiger partial charge in [-0.1, -0.05) is 30.3 Å². The minimum Gasteiger partial charge on any atom is -0.352 e. The minimum absolute atomic E-state index is 0.0658. The quantitative estimate of drug-likeness (QED) is 0.650. The maximum Gasteiger partial charge on any atom is 0.243 e. The fourth-order valence-corrected chi connectivity index (χ4v) is 2.49. The normalized spacial score (nSPS) is 17.7. The van der Waals surface area contributed by atoms with Crippen LogP contribution in [0.3, 0.4) is 0 Å². The van der Waals surface area contributed by atoms with Gasteiger partial charge in [0.05, 0.1) is 6.54 Å². The van der Waals surface area contributed by atoms with Gasteiger partial charge in [0.2, 0.25) is 17.7 Å². The van der Waals surface area contributed by atoms with Gasteiger partial charge in [-0.05, 0) is 31.2 Å². The number of carbonyl (C=O) groups excluding carboxylic acids is 3. The van der Waals surface area contributed by atoms with E-state index in [9.17, 15) is 14.4 Å². The van der Waals surface area contributed by atoms with Gasteiger partial charge in [-0.25, -0.2) is 0 Å². The fraction of sp³-hybridized carbons (Fsp3) is 0.500. The molecule has 6 heteroatoms. The molecule has 1 aromatic rings. The number of hydrogen-bond acceptors (Lipinski definition) is 3. The first kappa shape index (κ1) is 16.5. The second-order valence-electron chi connectivity index (χ2n) is 6.58. The molecule has 2 aliphatic carbocycles. The molecule has 6 nitrogen and oxygen atoms in total. The molecule has 0 bridgehead atoms. The summed E-state index contributed by atoms with van der Waals surface area (Å²) in [6.07, 6.45) is 4.22. The van der Waals surface area contributed by atoms with Crippen molar-refractivity contribution < 1.29 is 14.4 Å². The maximum atomic E-state index is 12.4. The van der Waals surface area contributed by atoms with E-state index >= 15 is 0 Å². The number of nitrogens with one attached hydrogen (secondary N) is 3. The van der Waals surface area contributed by atoms with Crippen LogP contribution >= 0.6 is 0 Å². The summed E-state index contributed by atoms with van der Waals surface area (Å²) in [6.45, 7) is -0.0860. The second kappa shape index (κ2) is 7.47. The van der Waals surface area contributed by atoms with E-state index < -0.39 is 6.04 Å². The Morgan fingerprint density at radius 3 is 2.38 bits per heavy atom. The standard InChI is InChI=1S/C18H23N3O3/c22-16(11-19-17(23)13-6-7-13)21-15(18(24)20-14-8-9-14)10-12-4-2-1-3-5-12/h1-5,13-15H,6-11H2,(H,19,23)(H,20,24)(H,21,22)/t15-/m1/s1. The molecule has 3 amide bonds. The third kappa shape index (κ3) is 5.08. The Kier molecular flexibility index (Phi) is 5.13. The van der Waals surface area contributed by atoms with Gasteiger partial charge in [-0.2, -0.15) is 0 Å². The number of hydrogen-bond donors (Lipinski definition) is 3. The van der Waals surface area contributed by atoms with Crippen molar-refractivity contribution in [3.05, 3.63) is 35.9 Å². The van der Waals surface area contributed by atoms with Crippen LogP contribution in [0, 0.1) is 5.92 Å². The molecule has 0 unspecified atom stereocenters. The molecule has 2 aliphatic rings. The minimum atomic E-state index is -0.627. The molecule has 0 heterocycles. The van der Waals surface area contributed by atoms with Crippen LogP contribution in [-0.4, -0.2) is 36.3 Å². The molecule has 3 N–H and O–H groups in total. The van der Waals surface area contributed by atoms with E-state index in [2.05, 4.69) is 16.0 Å². The molecule has 0 spiro atoms. The summed E-state index contributed by atoms with van der Waals surface area (Å²) < 4.78 is 0. The molecule has 0 aliphatic heterocycles. The van der Waals surface area contributed by atoms with E-state index in [0.29, 0.717) is 6.42 Å². The van der Waals surface area contributed by atoms with Crippen molar-refractivity contribution in [2.75, 3.05) is 6.54 Å². The molecule has 2 fully saturated rings. The van der Waals surface area contributed by atoms with E-state index in [4.69, 9.17) is 0 Å². The molecule has 0 aromatic heterocycles. The van der Waals surface area contributed by atoms with Crippen LogP contribution in [0.4, 0.5) is 0 Å². The second-order valence-corrected chi connectivity index (χ2v) is 6.58. The van der Waals surface area contributed by atoms with Crippen LogP contribution in [0.2, 0.25) is 0 Å². The van der Waals surface area contributed by atoms with Crippen molar-refractivity contribution in [2.24, 2.45) is 5.92 Å². The molecule has 128 valence electrons. The van der Waals surface area contributed by atoms with Gasteiger partial charge in [0.15, 0.2) is 0 Å². The molecular weight excluding hydrogens is 306 g/mol. The average molecular weight is 329 g/mol. The van der Waals surface area contributed by atoms with Gasteiger partial charge in [-0.15, -0.1) is 0 Å². The van der Waals surface area contributed by atoms with Crippen molar-refractivity contribution >= 4 is 17.7 Å². The molecule has 0 radical (unpaired) electrons. The van der Waals surface area contributed by atoms with Gasteiger partial charge in [-0.3, -0.25) is 14.4 Å². The Morgan fingerprint density at radius 2 is 1.75 bits per heavy atom. The monoisotopic (exact) mass is 329 g/mol. The Bertz CT molecular complexity index is 609. The molecule has 2 saturated carbocycles. The maximum absolute atomic E-state index is 12.4. The Labute approximate surface area is 141 Å². The van der Waals surface area contributed by atoms with Crippen LogP contribution in [-0.2, 0) is 20.8 Å². The zero-order valence-electron chi connectivity index (χ0n) is 13.6. The van der Waals surface area contributed by atoms with Crippen LogP contribution in [0.25, 0.3) is 0 Å². The van der Waals surface area contributed by atoms with Crippen LogP contribution in [0.5, 0.6) is 0 Å². The zero-order valence-corrected chi connectivity index (χ0v) is 13.6. The molecule has 1 atom stereocenters. The van der Waals surface area contributed by atoms with Gasteiger partial charge in [0.25, 0.3) is 0 Å². The number of carbonyl (C=O) groups is 3. The van der Waals surface area contributed by atoms with Gasteiger partial charge < -0.3 is 16.0 Å². The molecule has 1 aromatic carbocycles. The smallest absolute Gasteiger partial charge is 0.243 e. The molecular formula is C18H23N3O3. The summed E-state index contributed by atoms with van der Waals surface area (Å²) in [5, 5.41) is 8.30. The number of benzene rings is 1. The Hall–Kier alpha value is -2.37. The lowest BCUT2D eigenvalue weighted by atomic mass is 10.1. The summed E-state index contributed by atoms with van der Waals surface area (Å²) in [4.78, 5) is 36.1. The summed E-state index contributed by atoms with van der Waals surface area (Å²) in [5.74, 6) is -0.512. The van der Waals surface area contributed by atoms with E-state index in [0.717, 1.165) is 31.2 Å². The van der Waals surface area contributed by atoms with Gasteiger partial charge in [0.1, 0.15) is 6.04 Å². The van der Waals surface area contributed by atoms with E-state index in [1.54, 1.807) is 0 Å². The molecule has 3 rings (SSSR count). The highest BCUT2D eigenvalue weighted by atomic mass is 16.2. The summed E-state index contributed by atoms with van der Waals surface area (Å²) in [6, 6.07) is 9.19. The topological polar surface area (TPSA) is 87.3 Å². The predicted molar refractivity (Wildman–Crippen MR) is 89.0 cm³/mol. The highest BCUT2D eigenvalue weighted by Gasteiger charge is 2.31. The molecule has 0 saturated heterocycles. The highest BCUT2D eigenvalue weighted by Crippen LogP contribution is 2.28. The lowest BCUT2D eigenvalue weighted by Gasteiger charge is -2.19. The van der Waals surface area contributed by atoms with E-state index in [1.807, 2.05) is 30.3 Å². The predicted octanol–water partition coefficient (Wildman–Crippen LogP) is 0.519. The lowest BCUT2D eigenvalue weighted by Crippen LogP contribution is -2.51. The zero-order chi connectivity index (χ0) is 16.9. The first-order valence-corrected chi connectivity index (χ1v) is 8.53. The molecule has 24 heavy (non-hydrogen) atoms. The largest absolute Gasteiger partial charge is 0.352 e. The van der Waals surface area contributed by atoms with E-state index in [-0.39, 0.29) is 36.2 Å². The summed E-state index contributed by atoms with van der Waals surface area (Å²) in [7, 11) is 0. The average Bonchev–Trinajstić information content (AvgIpc) is 3.46. The van der Waals surface area contributed by atoms with Crippen molar-refractivity contribution in [3.63, 3.8) is 0 Å². The van der Waals surface area contributed by atoms with Crippen LogP contribution in [0.15, 0.2) is 30.3 Å². The number of amides is 3. The Morgan fingerprint density at radius 1 is 1.04 bits per heavy atom. The highest BCUT2D eigenvalue weighted by molar-refractivity contribution is 5.91. The van der Waals surface area contributed by atoms with Gasteiger partial charge in [0, 0.05) is 18.4 Å². The van der Waals surface area contributed by atoms with Crippen LogP contribution < -0.4 is 16.0 Å². The third-order valence-electron chi connectivity index (χ3n) is 4.23. The third-order valence-corrected chi connectivity index (χ3v) is 4.23. The van der Waals surface area contributed by atoms with Crippen molar-refractivity contribution in [2.45, 2.75) is 44.2 Å². The van der Waals surface area contributed by atoms with Crippen molar-refractivity contribution in [3.8, 4) is 0 Å². The first-order valence-electron chi connectivity index (χ1n) is 8.53. The summed E-state index contributed by atoms with van der Waals surface area (Å²) >= 11 is 0. The number of rotatable bonds is 8. The Balaban J connectivity index is 1.54. The first-order chi connectivity index (χ1) is 11.6. The van der Waals surface area contributed by atoms with E-state index in [1.165, 1.54) is 0 Å².